The first-order chi connectivity index (χ1) is 9.43. The Morgan fingerprint density at radius 1 is 1.20 bits per heavy atom. The van der Waals surface area contributed by atoms with Gasteiger partial charge in [-0.05, 0) is 0 Å². The molecule has 3 atom stereocenters. The van der Waals surface area contributed by atoms with Crippen molar-refractivity contribution < 1.29 is 20.4 Å². The summed E-state index contributed by atoms with van der Waals surface area (Å²) in [5.74, 6) is 0. The number of hydrogen-bond donors (Lipinski definition) is 6. The average Bonchev–Trinajstić information content (AvgIpc) is 2.80. The number of aromatic amines is 2. The summed E-state index contributed by atoms with van der Waals surface area (Å²) in [5.41, 5.74) is -1.27. The maximum atomic E-state index is 11.5. The SMILES string of the molecule is O=c1[nH]c(=O)c2cnn(C[C@H](O)[C@H](O)[C@H](O)CO)c2[nH]1. The largest absolute Gasteiger partial charge is 0.394 e. The molecule has 0 saturated heterocycles. The number of aliphatic hydroxyl groups excluding tert-OH is 4. The molecular weight excluding hydrogens is 272 g/mol. The highest BCUT2D eigenvalue weighted by Gasteiger charge is 2.25. The number of hydrogen-bond acceptors (Lipinski definition) is 7. The van der Waals surface area contributed by atoms with E-state index in [9.17, 15) is 24.9 Å². The molecular formula is C10H14N4O6. The minimum atomic E-state index is -1.59. The molecule has 110 valence electrons. The first-order valence-electron chi connectivity index (χ1n) is 5.77. The van der Waals surface area contributed by atoms with Crippen molar-refractivity contribution in [2.75, 3.05) is 6.61 Å². The van der Waals surface area contributed by atoms with Crippen molar-refractivity contribution in [2.45, 2.75) is 24.9 Å². The van der Waals surface area contributed by atoms with Crippen molar-refractivity contribution in [2.24, 2.45) is 0 Å². The van der Waals surface area contributed by atoms with Crippen LogP contribution in [0.2, 0.25) is 0 Å². The third-order valence-corrected chi connectivity index (χ3v) is 2.88. The molecule has 0 radical (unpaired) electrons. The zero-order valence-corrected chi connectivity index (χ0v) is 10.2. The minimum absolute atomic E-state index is 0.0866. The standard InChI is InChI=1S/C10H14N4O6/c15-3-6(17)7(18)5(16)2-14-8-4(1-11-14)9(19)13-10(20)12-8/h1,5-7,15-18H,2-3H2,(H2,12,13,19,20)/t5-,6+,7-/m0/s1. The lowest BCUT2D eigenvalue weighted by Crippen LogP contribution is -2.41. The predicted octanol–water partition coefficient (Wildman–Crippen LogP) is -3.51. The van der Waals surface area contributed by atoms with E-state index in [1.165, 1.54) is 6.20 Å². The van der Waals surface area contributed by atoms with Crippen molar-refractivity contribution >= 4 is 11.0 Å². The topological polar surface area (TPSA) is 164 Å². The van der Waals surface area contributed by atoms with Gasteiger partial charge in [0.2, 0.25) is 0 Å². The van der Waals surface area contributed by atoms with Crippen LogP contribution in [0.25, 0.3) is 11.0 Å². The van der Waals surface area contributed by atoms with Crippen molar-refractivity contribution in [3.05, 3.63) is 27.0 Å². The molecule has 0 aliphatic carbocycles. The number of aromatic nitrogens is 4. The molecule has 0 aromatic carbocycles. The van der Waals surface area contributed by atoms with E-state index in [4.69, 9.17) is 5.11 Å². The van der Waals surface area contributed by atoms with Crippen LogP contribution >= 0.6 is 0 Å². The summed E-state index contributed by atoms with van der Waals surface area (Å²) in [7, 11) is 0. The van der Waals surface area contributed by atoms with E-state index in [1.54, 1.807) is 0 Å². The lowest BCUT2D eigenvalue weighted by atomic mass is 10.1. The third-order valence-electron chi connectivity index (χ3n) is 2.88. The Bertz CT molecular complexity index is 704. The highest BCUT2D eigenvalue weighted by atomic mass is 16.4. The Kier molecular flexibility index (Phi) is 3.99. The van der Waals surface area contributed by atoms with Crippen LogP contribution in [0.1, 0.15) is 0 Å². The summed E-state index contributed by atoms with van der Waals surface area (Å²) in [4.78, 5) is 27.0. The first kappa shape index (κ1) is 14.4. The number of nitrogens with one attached hydrogen (secondary N) is 2. The average molecular weight is 286 g/mol. The van der Waals surface area contributed by atoms with E-state index in [1.807, 2.05) is 4.98 Å². The van der Waals surface area contributed by atoms with Crippen molar-refractivity contribution in [3.63, 3.8) is 0 Å². The second kappa shape index (κ2) is 5.54. The molecule has 0 unspecified atom stereocenters. The summed E-state index contributed by atoms with van der Waals surface area (Å²) < 4.78 is 1.12. The van der Waals surface area contributed by atoms with Gasteiger partial charge in [0.25, 0.3) is 5.56 Å². The van der Waals surface area contributed by atoms with Gasteiger partial charge in [0.1, 0.15) is 29.3 Å². The molecule has 10 heteroatoms. The van der Waals surface area contributed by atoms with Gasteiger partial charge in [-0.3, -0.25) is 14.8 Å². The first-order valence-corrected chi connectivity index (χ1v) is 5.77. The Morgan fingerprint density at radius 2 is 1.90 bits per heavy atom. The van der Waals surface area contributed by atoms with Crippen LogP contribution in [-0.4, -0.2) is 65.1 Å². The van der Waals surface area contributed by atoms with Crippen LogP contribution in [-0.2, 0) is 6.54 Å². The van der Waals surface area contributed by atoms with E-state index in [0.29, 0.717) is 0 Å². The number of H-pyrrole nitrogens is 2. The molecule has 0 aliphatic heterocycles. The fourth-order valence-corrected chi connectivity index (χ4v) is 1.78. The van der Waals surface area contributed by atoms with E-state index in [-0.39, 0.29) is 17.6 Å². The molecule has 0 bridgehead atoms. The lowest BCUT2D eigenvalue weighted by molar-refractivity contribution is -0.0811. The Balaban J connectivity index is 2.31. The number of rotatable bonds is 5. The molecule has 2 aromatic rings. The third kappa shape index (κ3) is 2.63. The van der Waals surface area contributed by atoms with Gasteiger partial charge in [-0.1, -0.05) is 0 Å². The number of aliphatic hydroxyl groups is 4. The van der Waals surface area contributed by atoms with Gasteiger partial charge < -0.3 is 20.4 Å². The molecule has 0 saturated carbocycles. The van der Waals surface area contributed by atoms with Crippen LogP contribution in [0.3, 0.4) is 0 Å². The molecule has 2 heterocycles. The molecule has 6 N–H and O–H groups in total. The summed E-state index contributed by atoms with van der Waals surface area (Å²) in [6, 6.07) is 0. The van der Waals surface area contributed by atoms with Crippen molar-refractivity contribution in [3.8, 4) is 0 Å². The number of fused-ring (bicyclic) bond motifs is 1. The summed E-state index contributed by atoms with van der Waals surface area (Å²) in [6.45, 7) is -0.990. The maximum absolute atomic E-state index is 11.5. The lowest BCUT2D eigenvalue weighted by Gasteiger charge is -2.21. The van der Waals surface area contributed by atoms with E-state index < -0.39 is 36.2 Å². The van der Waals surface area contributed by atoms with Gasteiger partial charge in [0, 0.05) is 0 Å². The fraction of sp³-hybridized carbons (Fsp3) is 0.500. The van der Waals surface area contributed by atoms with Gasteiger partial charge in [-0.25, -0.2) is 9.48 Å². The molecule has 10 nitrogen and oxygen atoms in total. The van der Waals surface area contributed by atoms with E-state index in [0.717, 1.165) is 4.68 Å². The molecule has 0 aliphatic rings. The van der Waals surface area contributed by atoms with Crippen LogP contribution in [0, 0.1) is 0 Å². The van der Waals surface area contributed by atoms with E-state index >= 15 is 0 Å². The molecule has 0 spiro atoms. The van der Waals surface area contributed by atoms with Crippen LogP contribution in [0.15, 0.2) is 15.8 Å². The summed E-state index contributed by atoms with van der Waals surface area (Å²) in [6.07, 6.45) is -3.34. The summed E-state index contributed by atoms with van der Waals surface area (Å²) >= 11 is 0. The van der Waals surface area contributed by atoms with E-state index in [2.05, 4.69) is 10.1 Å². The quantitative estimate of drug-likeness (QED) is 0.331. The van der Waals surface area contributed by atoms with Crippen molar-refractivity contribution in [1.29, 1.82) is 0 Å². The normalized spacial score (nSPS) is 16.2. The molecule has 2 rings (SSSR count). The second-order valence-electron chi connectivity index (χ2n) is 4.31. The van der Waals surface area contributed by atoms with Gasteiger partial charge in [0.05, 0.1) is 19.3 Å². The highest BCUT2D eigenvalue weighted by molar-refractivity contribution is 5.72. The Hall–Kier alpha value is -2.01. The predicted molar refractivity (Wildman–Crippen MR) is 66.1 cm³/mol. The van der Waals surface area contributed by atoms with Crippen molar-refractivity contribution in [1.82, 2.24) is 19.7 Å². The van der Waals surface area contributed by atoms with Gasteiger partial charge in [0.15, 0.2) is 0 Å². The minimum Gasteiger partial charge on any atom is -0.394 e. The van der Waals surface area contributed by atoms with Crippen LogP contribution in [0.5, 0.6) is 0 Å². The van der Waals surface area contributed by atoms with Crippen LogP contribution < -0.4 is 11.2 Å². The van der Waals surface area contributed by atoms with Gasteiger partial charge >= 0.3 is 5.69 Å². The zero-order valence-electron chi connectivity index (χ0n) is 10.2. The summed E-state index contributed by atoms with van der Waals surface area (Å²) in [5, 5.41) is 41.1. The highest BCUT2D eigenvalue weighted by Crippen LogP contribution is 2.08. The Labute approximate surface area is 110 Å². The second-order valence-corrected chi connectivity index (χ2v) is 4.31. The maximum Gasteiger partial charge on any atom is 0.327 e. The van der Waals surface area contributed by atoms with Gasteiger partial charge in [-0.15, -0.1) is 0 Å². The monoisotopic (exact) mass is 286 g/mol. The smallest absolute Gasteiger partial charge is 0.327 e. The molecule has 2 aromatic heterocycles. The zero-order chi connectivity index (χ0) is 14.9. The Morgan fingerprint density at radius 3 is 2.55 bits per heavy atom. The molecule has 0 amide bonds. The van der Waals surface area contributed by atoms with Crippen LogP contribution in [0.4, 0.5) is 0 Å². The van der Waals surface area contributed by atoms with Gasteiger partial charge in [-0.2, -0.15) is 5.10 Å². The molecule has 0 fully saturated rings. The molecule has 20 heavy (non-hydrogen) atoms. The number of nitrogens with zero attached hydrogens (tertiary/aromatic N) is 2. The fourth-order valence-electron chi connectivity index (χ4n) is 1.78.